The summed E-state index contributed by atoms with van der Waals surface area (Å²) in [5.74, 6) is 2.56. The Morgan fingerprint density at radius 3 is 2.79 bits per heavy atom. The maximum atomic E-state index is 5.93. The van der Waals surface area contributed by atoms with E-state index in [1.165, 1.54) is 5.56 Å². The summed E-state index contributed by atoms with van der Waals surface area (Å²) in [5.41, 5.74) is 2.32. The number of rotatable bonds is 5. The molecule has 0 aliphatic carbocycles. The Kier molecular flexibility index (Phi) is 4.39. The van der Waals surface area contributed by atoms with Crippen molar-refractivity contribution in [2.24, 2.45) is 0 Å². The van der Waals surface area contributed by atoms with E-state index in [9.17, 15) is 0 Å². The van der Waals surface area contributed by atoms with Gasteiger partial charge in [-0.25, -0.2) is 4.98 Å². The molecule has 0 bridgehead atoms. The van der Waals surface area contributed by atoms with Crippen molar-refractivity contribution < 1.29 is 4.74 Å². The highest BCUT2D eigenvalue weighted by molar-refractivity contribution is 5.44. The average molecular weight is 256 g/mol. The van der Waals surface area contributed by atoms with Crippen LogP contribution < -0.4 is 10.1 Å². The molecule has 1 N–H and O–H groups in total. The first-order chi connectivity index (χ1) is 9.19. The Hall–Kier alpha value is -2.03. The van der Waals surface area contributed by atoms with Gasteiger partial charge in [0.15, 0.2) is 0 Å². The first-order valence-electron chi connectivity index (χ1n) is 6.64. The number of hydrogen-bond acceptors (Lipinski definition) is 3. The zero-order valence-electron chi connectivity index (χ0n) is 11.7. The van der Waals surface area contributed by atoms with Gasteiger partial charge >= 0.3 is 0 Å². The molecule has 2 aromatic rings. The molecule has 0 aliphatic rings. The first kappa shape index (κ1) is 13.4. The predicted molar refractivity (Wildman–Crippen MR) is 79.0 cm³/mol. The fourth-order valence-corrected chi connectivity index (χ4v) is 1.77. The number of aryl methyl sites for hydroxylation is 2. The van der Waals surface area contributed by atoms with Gasteiger partial charge < -0.3 is 10.1 Å². The highest BCUT2D eigenvalue weighted by Crippen LogP contribution is 2.26. The number of benzene rings is 1. The molecule has 100 valence electrons. The molecule has 2 rings (SSSR count). The summed E-state index contributed by atoms with van der Waals surface area (Å²) in [6, 6.07) is 10.0. The van der Waals surface area contributed by atoms with Crippen molar-refractivity contribution >= 4 is 5.82 Å². The Bertz CT molecular complexity index is 552. The molecule has 0 amide bonds. The molecule has 0 saturated heterocycles. The third-order valence-corrected chi connectivity index (χ3v) is 2.86. The minimum Gasteiger partial charge on any atom is -0.457 e. The highest BCUT2D eigenvalue weighted by Gasteiger charge is 2.03. The summed E-state index contributed by atoms with van der Waals surface area (Å²) >= 11 is 0. The molecular formula is C16H20N2O. The van der Waals surface area contributed by atoms with Gasteiger partial charge in [0.1, 0.15) is 17.3 Å². The molecule has 0 unspecified atom stereocenters. The lowest BCUT2D eigenvalue weighted by Crippen LogP contribution is -2.01. The molecule has 1 aromatic heterocycles. The van der Waals surface area contributed by atoms with Gasteiger partial charge in [0.05, 0.1) is 0 Å². The summed E-state index contributed by atoms with van der Waals surface area (Å²) in [5, 5.41) is 3.26. The second kappa shape index (κ2) is 6.23. The summed E-state index contributed by atoms with van der Waals surface area (Å²) in [4.78, 5) is 4.27. The van der Waals surface area contributed by atoms with E-state index in [1.807, 2.05) is 19.1 Å². The van der Waals surface area contributed by atoms with E-state index >= 15 is 0 Å². The van der Waals surface area contributed by atoms with Gasteiger partial charge in [-0.3, -0.25) is 0 Å². The molecule has 19 heavy (non-hydrogen) atoms. The van der Waals surface area contributed by atoms with Crippen molar-refractivity contribution in [3.05, 3.63) is 47.7 Å². The van der Waals surface area contributed by atoms with Crippen molar-refractivity contribution in [1.82, 2.24) is 4.98 Å². The summed E-state index contributed by atoms with van der Waals surface area (Å²) in [6.45, 7) is 7.16. The van der Waals surface area contributed by atoms with Crippen LogP contribution in [0.2, 0.25) is 0 Å². The Morgan fingerprint density at radius 2 is 2.00 bits per heavy atom. The fourth-order valence-electron chi connectivity index (χ4n) is 1.77. The molecule has 0 fully saturated rings. The lowest BCUT2D eigenvalue weighted by molar-refractivity contribution is 0.478. The van der Waals surface area contributed by atoms with E-state index in [-0.39, 0.29) is 0 Å². The molecule has 0 atom stereocenters. The molecule has 3 heteroatoms. The van der Waals surface area contributed by atoms with Crippen LogP contribution >= 0.6 is 0 Å². The van der Waals surface area contributed by atoms with Crippen LogP contribution in [0.5, 0.6) is 11.5 Å². The van der Waals surface area contributed by atoms with E-state index in [2.05, 4.69) is 42.3 Å². The predicted octanol–water partition coefficient (Wildman–Crippen LogP) is 4.31. The van der Waals surface area contributed by atoms with Gasteiger partial charge in [-0.15, -0.1) is 0 Å². The van der Waals surface area contributed by atoms with Crippen molar-refractivity contribution in [2.75, 3.05) is 11.9 Å². The summed E-state index contributed by atoms with van der Waals surface area (Å²) in [7, 11) is 0. The van der Waals surface area contributed by atoms with Crippen LogP contribution in [0.3, 0.4) is 0 Å². The number of anilines is 1. The molecule has 0 aliphatic heterocycles. The van der Waals surface area contributed by atoms with Crippen LogP contribution in [0, 0.1) is 13.8 Å². The molecule has 1 aromatic carbocycles. The standard InChI is InChI=1S/C16H20N2O/c1-4-8-17-16-11-14(7-9-18-16)19-15-10-12(2)5-6-13(15)3/h5-7,9-11H,4,8H2,1-3H3,(H,17,18). The Morgan fingerprint density at radius 1 is 1.16 bits per heavy atom. The van der Waals surface area contributed by atoms with Crippen LogP contribution in [0.4, 0.5) is 5.82 Å². The molecule has 0 saturated carbocycles. The van der Waals surface area contributed by atoms with Gasteiger partial charge in [-0.05, 0) is 43.5 Å². The number of ether oxygens (including phenoxy) is 1. The average Bonchev–Trinajstić information content (AvgIpc) is 2.41. The maximum Gasteiger partial charge on any atom is 0.132 e. The molecular weight excluding hydrogens is 236 g/mol. The van der Waals surface area contributed by atoms with E-state index in [0.29, 0.717) is 0 Å². The fraction of sp³-hybridized carbons (Fsp3) is 0.312. The van der Waals surface area contributed by atoms with Gasteiger partial charge in [0.2, 0.25) is 0 Å². The van der Waals surface area contributed by atoms with E-state index in [1.54, 1.807) is 6.20 Å². The van der Waals surface area contributed by atoms with E-state index in [4.69, 9.17) is 4.74 Å². The van der Waals surface area contributed by atoms with Crippen molar-refractivity contribution in [3.8, 4) is 11.5 Å². The lowest BCUT2D eigenvalue weighted by atomic mass is 10.1. The lowest BCUT2D eigenvalue weighted by Gasteiger charge is -2.11. The summed E-state index contributed by atoms with van der Waals surface area (Å²) in [6.07, 6.45) is 2.84. The quantitative estimate of drug-likeness (QED) is 0.865. The monoisotopic (exact) mass is 256 g/mol. The van der Waals surface area contributed by atoms with Crippen LogP contribution in [0.1, 0.15) is 24.5 Å². The van der Waals surface area contributed by atoms with Crippen molar-refractivity contribution in [1.29, 1.82) is 0 Å². The SMILES string of the molecule is CCCNc1cc(Oc2cc(C)ccc2C)ccn1. The van der Waals surface area contributed by atoms with Crippen LogP contribution in [0.15, 0.2) is 36.5 Å². The molecule has 0 spiro atoms. The van der Waals surface area contributed by atoms with Gasteiger partial charge in [-0.2, -0.15) is 0 Å². The van der Waals surface area contributed by atoms with Crippen LogP contribution in [0.25, 0.3) is 0 Å². The second-order valence-electron chi connectivity index (χ2n) is 4.67. The normalized spacial score (nSPS) is 10.3. The third-order valence-electron chi connectivity index (χ3n) is 2.86. The van der Waals surface area contributed by atoms with Crippen molar-refractivity contribution in [3.63, 3.8) is 0 Å². The number of aromatic nitrogens is 1. The van der Waals surface area contributed by atoms with Crippen LogP contribution in [-0.2, 0) is 0 Å². The second-order valence-corrected chi connectivity index (χ2v) is 4.67. The van der Waals surface area contributed by atoms with Crippen molar-refractivity contribution in [2.45, 2.75) is 27.2 Å². The van der Waals surface area contributed by atoms with Gasteiger partial charge in [0, 0.05) is 18.8 Å². The molecule has 0 radical (unpaired) electrons. The van der Waals surface area contributed by atoms with E-state index in [0.717, 1.165) is 35.8 Å². The zero-order valence-corrected chi connectivity index (χ0v) is 11.7. The highest BCUT2D eigenvalue weighted by atomic mass is 16.5. The largest absolute Gasteiger partial charge is 0.457 e. The number of hydrogen-bond donors (Lipinski definition) is 1. The van der Waals surface area contributed by atoms with Crippen LogP contribution in [-0.4, -0.2) is 11.5 Å². The van der Waals surface area contributed by atoms with Gasteiger partial charge in [-0.1, -0.05) is 19.1 Å². The van der Waals surface area contributed by atoms with Gasteiger partial charge in [0.25, 0.3) is 0 Å². The maximum absolute atomic E-state index is 5.93. The minimum absolute atomic E-state index is 0.808. The third kappa shape index (κ3) is 3.71. The Balaban J connectivity index is 2.16. The minimum atomic E-state index is 0.808. The molecule has 1 heterocycles. The Labute approximate surface area is 114 Å². The number of pyridine rings is 1. The smallest absolute Gasteiger partial charge is 0.132 e. The number of nitrogens with one attached hydrogen (secondary N) is 1. The topological polar surface area (TPSA) is 34.1 Å². The first-order valence-corrected chi connectivity index (χ1v) is 6.64. The summed E-state index contributed by atoms with van der Waals surface area (Å²) < 4.78 is 5.93. The zero-order chi connectivity index (χ0) is 13.7. The molecule has 3 nitrogen and oxygen atoms in total. The van der Waals surface area contributed by atoms with E-state index < -0.39 is 0 Å². The number of nitrogens with zero attached hydrogens (tertiary/aromatic N) is 1.